The molecule has 0 radical (unpaired) electrons. The predicted molar refractivity (Wildman–Crippen MR) is 64.7 cm³/mol. The summed E-state index contributed by atoms with van der Waals surface area (Å²) in [5, 5.41) is 11.4. The van der Waals surface area contributed by atoms with E-state index >= 15 is 0 Å². The van der Waals surface area contributed by atoms with E-state index in [4.69, 9.17) is 5.11 Å². The number of nitrogens with one attached hydrogen (secondary N) is 1. The Morgan fingerprint density at radius 1 is 1.59 bits per heavy atom. The van der Waals surface area contributed by atoms with Crippen LogP contribution in [-0.2, 0) is 4.79 Å². The van der Waals surface area contributed by atoms with Crippen molar-refractivity contribution in [2.75, 3.05) is 19.6 Å². The average molecular weight is 240 g/mol. The van der Waals surface area contributed by atoms with E-state index in [0.717, 1.165) is 5.92 Å². The Balaban J connectivity index is 2.34. The molecule has 0 spiro atoms. The second kappa shape index (κ2) is 6.27. The maximum Gasteiger partial charge on any atom is 0.323 e. The number of rotatable bonds is 7. The van der Waals surface area contributed by atoms with Gasteiger partial charge in [0.25, 0.3) is 0 Å². The molecule has 0 aromatic carbocycles. The summed E-state index contributed by atoms with van der Waals surface area (Å²) in [4.78, 5) is 23.5. The van der Waals surface area contributed by atoms with Gasteiger partial charge in [0.1, 0.15) is 6.54 Å². The summed E-state index contributed by atoms with van der Waals surface area (Å²) in [5.74, 6) is 0.175. The highest BCUT2D eigenvalue weighted by Gasteiger charge is 2.28. The standard InChI is InChI=1S/C12H20N2O3/c1-3-6-14(8-11(15)16)12(17)13-7-9(2)10-4-5-10/h3,9-10H,1,4-8H2,2H3,(H,13,17)(H,15,16). The average Bonchev–Trinajstić information content (AvgIpc) is 3.08. The van der Waals surface area contributed by atoms with Gasteiger partial charge in [-0.3, -0.25) is 4.79 Å². The first-order chi connectivity index (χ1) is 8.04. The lowest BCUT2D eigenvalue weighted by molar-refractivity contribution is -0.137. The molecule has 96 valence electrons. The highest BCUT2D eigenvalue weighted by Crippen LogP contribution is 2.36. The minimum atomic E-state index is -1.02. The monoisotopic (exact) mass is 240 g/mol. The Hall–Kier alpha value is -1.52. The van der Waals surface area contributed by atoms with Crippen molar-refractivity contribution >= 4 is 12.0 Å². The van der Waals surface area contributed by atoms with E-state index in [1.54, 1.807) is 0 Å². The summed E-state index contributed by atoms with van der Waals surface area (Å²) in [5.41, 5.74) is 0. The summed E-state index contributed by atoms with van der Waals surface area (Å²) < 4.78 is 0. The van der Waals surface area contributed by atoms with Gasteiger partial charge in [-0.25, -0.2) is 4.79 Å². The lowest BCUT2D eigenvalue weighted by Crippen LogP contribution is -2.44. The van der Waals surface area contributed by atoms with Crippen molar-refractivity contribution in [2.45, 2.75) is 19.8 Å². The van der Waals surface area contributed by atoms with E-state index in [9.17, 15) is 9.59 Å². The van der Waals surface area contributed by atoms with E-state index in [0.29, 0.717) is 12.5 Å². The Kier molecular flexibility index (Phi) is 5.00. The van der Waals surface area contributed by atoms with Crippen molar-refractivity contribution in [1.82, 2.24) is 10.2 Å². The van der Waals surface area contributed by atoms with Crippen molar-refractivity contribution in [3.8, 4) is 0 Å². The molecule has 2 amide bonds. The molecule has 1 aliphatic rings. The molecule has 1 unspecified atom stereocenters. The largest absolute Gasteiger partial charge is 0.480 e. The van der Waals surface area contributed by atoms with Crippen LogP contribution in [0.3, 0.4) is 0 Å². The zero-order chi connectivity index (χ0) is 12.8. The van der Waals surface area contributed by atoms with Gasteiger partial charge in [0.2, 0.25) is 0 Å². The molecule has 5 nitrogen and oxygen atoms in total. The molecule has 17 heavy (non-hydrogen) atoms. The molecule has 1 fully saturated rings. The topological polar surface area (TPSA) is 69.6 Å². The number of hydrogen-bond donors (Lipinski definition) is 2. The Morgan fingerprint density at radius 2 is 2.24 bits per heavy atom. The first-order valence-corrected chi connectivity index (χ1v) is 5.90. The lowest BCUT2D eigenvalue weighted by atomic mass is 10.1. The molecule has 1 saturated carbocycles. The molecule has 0 bridgehead atoms. The van der Waals surface area contributed by atoms with Crippen LogP contribution < -0.4 is 5.32 Å². The van der Waals surface area contributed by atoms with Gasteiger partial charge >= 0.3 is 12.0 Å². The van der Waals surface area contributed by atoms with Crippen LogP contribution in [0.4, 0.5) is 4.79 Å². The van der Waals surface area contributed by atoms with Crippen LogP contribution in [0.5, 0.6) is 0 Å². The van der Waals surface area contributed by atoms with Crippen LogP contribution in [0, 0.1) is 11.8 Å². The third kappa shape index (κ3) is 4.89. The molecule has 5 heteroatoms. The number of hydrogen-bond acceptors (Lipinski definition) is 2. The maximum atomic E-state index is 11.7. The molecule has 0 aromatic heterocycles. The molecule has 0 aliphatic heterocycles. The minimum Gasteiger partial charge on any atom is -0.480 e. The third-order valence-electron chi connectivity index (χ3n) is 2.96. The predicted octanol–water partition coefficient (Wildman–Crippen LogP) is 1.31. The fourth-order valence-corrected chi connectivity index (χ4v) is 1.73. The van der Waals surface area contributed by atoms with Crippen molar-refractivity contribution in [2.24, 2.45) is 11.8 Å². The summed E-state index contributed by atoms with van der Waals surface area (Å²) in [6.45, 7) is 6.17. The minimum absolute atomic E-state index is 0.246. The van der Waals surface area contributed by atoms with E-state index in [2.05, 4.69) is 18.8 Å². The quantitative estimate of drug-likeness (QED) is 0.659. The second-order valence-corrected chi connectivity index (χ2v) is 4.56. The van der Waals surface area contributed by atoms with Gasteiger partial charge in [-0.1, -0.05) is 13.0 Å². The number of carboxylic acid groups (broad SMARTS) is 1. The molecule has 0 saturated heterocycles. The molecule has 1 rings (SSSR count). The van der Waals surface area contributed by atoms with Crippen LogP contribution in [0.25, 0.3) is 0 Å². The van der Waals surface area contributed by atoms with Crippen LogP contribution in [0.1, 0.15) is 19.8 Å². The van der Waals surface area contributed by atoms with E-state index in [1.165, 1.54) is 23.8 Å². The van der Waals surface area contributed by atoms with Crippen molar-refractivity contribution in [3.63, 3.8) is 0 Å². The summed E-state index contributed by atoms with van der Waals surface area (Å²) in [6.07, 6.45) is 4.00. The third-order valence-corrected chi connectivity index (χ3v) is 2.96. The first kappa shape index (κ1) is 13.5. The fraction of sp³-hybridized carbons (Fsp3) is 0.667. The van der Waals surface area contributed by atoms with Crippen LogP contribution in [-0.4, -0.2) is 41.6 Å². The van der Waals surface area contributed by atoms with Gasteiger partial charge in [0.15, 0.2) is 0 Å². The second-order valence-electron chi connectivity index (χ2n) is 4.56. The van der Waals surface area contributed by atoms with Gasteiger partial charge in [-0.2, -0.15) is 0 Å². The summed E-state index contributed by atoms with van der Waals surface area (Å²) in [7, 11) is 0. The number of carbonyl (C=O) groups is 2. The smallest absolute Gasteiger partial charge is 0.323 e. The van der Waals surface area contributed by atoms with Gasteiger partial charge in [0.05, 0.1) is 0 Å². The van der Waals surface area contributed by atoms with Crippen LogP contribution in [0.15, 0.2) is 12.7 Å². The number of amides is 2. The normalized spacial score (nSPS) is 16.1. The summed E-state index contributed by atoms with van der Waals surface area (Å²) >= 11 is 0. The number of carbonyl (C=O) groups excluding carboxylic acids is 1. The van der Waals surface area contributed by atoms with Crippen LogP contribution >= 0.6 is 0 Å². The van der Waals surface area contributed by atoms with Crippen LogP contribution in [0.2, 0.25) is 0 Å². The molecule has 0 heterocycles. The molecular weight excluding hydrogens is 220 g/mol. The van der Waals surface area contributed by atoms with Gasteiger partial charge in [-0.05, 0) is 24.7 Å². The van der Waals surface area contributed by atoms with Gasteiger partial charge in [0, 0.05) is 13.1 Å². The zero-order valence-corrected chi connectivity index (χ0v) is 10.2. The van der Waals surface area contributed by atoms with Crippen molar-refractivity contribution in [1.29, 1.82) is 0 Å². The number of aliphatic carboxylic acids is 1. The molecule has 1 aliphatic carbocycles. The Morgan fingerprint density at radius 3 is 2.71 bits per heavy atom. The highest BCUT2D eigenvalue weighted by atomic mass is 16.4. The Labute approximate surface area is 101 Å². The van der Waals surface area contributed by atoms with Crippen molar-refractivity contribution in [3.05, 3.63) is 12.7 Å². The van der Waals surface area contributed by atoms with Crippen molar-refractivity contribution < 1.29 is 14.7 Å². The highest BCUT2D eigenvalue weighted by molar-refractivity contribution is 5.80. The lowest BCUT2D eigenvalue weighted by Gasteiger charge is -2.21. The number of nitrogens with zero attached hydrogens (tertiary/aromatic N) is 1. The molecular formula is C12H20N2O3. The zero-order valence-electron chi connectivity index (χ0n) is 10.2. The molecule has 2 N–H and O–H groups in total. The van der Waals surface area contributed by atoms with Gasteiger partial charge in [-0.15, -0.1) is 6.58 Å². The van der Waals surface area contributed by atoms with E-state index in [-0.39, 0.29) is 19.1 Å². The summed E-state index contributed by atoms with van der Waals surface area (Å²) in [6, 6.07) is -0.334. The first-order valence-electron chi connectivity index (χ1n) is 5.90. The fourth-order valence-electron chi connectivity index (χ4n) is 1.73. The molecule has 1 atom stereocenters. The number of carboxylic acids is 1. The van der Waals surface area contributed by atoms with Gasteiger partial charge < -0.3 is 15.3 Å². The van der Waals surface area contributed by atoms with E-state index in [1.807, 2.05) is 0 Å². The maximum absolute atomic E-state index is 11.7. The van der Waals surface area contributed by atoms with E-state index < -0.39 is 5.97 Å². The SMILES string of the molecule is C=CCN(CC(=O)O)C(=O)NCC(C)C1CC1. The Bertz CT molecular complexity index is 300. The molecule has 0 aromatic rings. The number of urea groups is 1.